The number of hydrogen-bond acceptors (Lipinski definition) is 5. The molecule has 1 aromatic carbocycles. The summed E-state index contributed by atoms with van der Waals surface area (Å²) < 4.78 is 7.60. The molecular formula is C20H24N4O2. The van der Waals surface area contributed by atoms with Gasteiger partial charge < -0.3 is 14.1 Å². The molecule has 1 atom stereocenters. The zero-order valence-electron chi connectivity index (χ0n) is 14.8. The van der Waals surface area contributed by atoms with Crippen molar-refractivity contribution < 1.29 is 9.52 Å². The van der Waals surface area contributed by atoms with Gasteiger partial charge in [-0.3, -0.25) is 4.90 Å². The van der Waals surface area contributed by atoms with Crippen LogP contribution in [0.1, 0.15) is 41.9 Å². The standard InChI is InChI=1S/C20H24N4O2/c25-17(18-9-6-12-26-18)14-23(13-16-7-2-1-3-8-16)15-20-22-21-19-10-4-5-11-24(19)20/h1-3,6-9,12,17,25H,4-5,10-11,13-15H2. The van der Waals surface area contributed by atoms with Gasteiger partial charge in [0.05, 0.1) is 12.8 Å². The molecule has 3 aromatic rings. The minimum absolute atomic E-state index is 0.477. The molecular weight excluding hydrogens is 328 g/mol. The highest BCUT2D eigenvalue weighted by Crippen LogP contribution is 2.20. The van der Waals surface area contributed by atoms with Gasteiger partial charge in [-0.25, -0.2) is 0 Å². The number of benzene rings is 1. The lowest BCUT2D eigenvalue weighted by atomic mass is 10.1. The number of aliphatic hydroxyl groups excluding tert-OH is 1. The van der Waals surface area contributed by atoms with Gasteiger partial charge in [0.1, 0.15) is 23.5 Å². The second-order valence-electron chi connectivity index (χ2n) is 6.83. The average Bonchev–Trinajstić information content (AvgIpc) is 3.33. The van der Waals surface area contributed by atoms with Gasteiger partial charge in [-0.2, -0.15) is 0 Å². The fraction of sp³-hybridized carbons (Fsp3) is 0.400. The monoisotopic (exact) mass is 352 g/mol. The van der Waals surface area contributed by atoms with Crippen molar-refractivity contribution in [1.82, 2.24) is 19.7 Å². The third-order valence-electron chi connectivity index (χ3n) is 4.85. The van der Waals surface area contributed by atoms with Crippen molar-refractivity contribution in [2.24, 2.45) is 0 Å². The zero-order chi connectivity index (χ0) is 17.8. The van der Waals surface area contributed by atoms with Crippen molar-refractivity contribution in [1.29, 1.82) is 0 Å². The van der Waals surface area contributed by atoms with E-state index < -0.39 is 6.10 Å². The fourth-order valence-electron chi connectivity index (χ4n) is 3.53. The summed E-state index contributed by atoms with van der Waals surface area (Å²) in [6.45, 7) is 2.85. The normalized spacial score (nSPS) is 15.2. The second-order valence-corrected chi connectivity index (χ2v) is 6.83. The van der Waals surface area contributed by atoms with Gasteiger partial charge in [0, 0.05) is 26.1 Å². The van der Waals surface area contributed by atoms with E-state index >= 15 is 0 Å². The van der Waals surface area contributed by atoms with Crippen LogP contribution in [0.5, 0.6) is 0 Å². The Bertz CT molecular complexity index is 814. The summed E-state index contributed by atoms with van der Waals surface area (Å²) in [7, 11) is 0. The predicted molar refractivity (Wildman–Crippen MR) is 97.2 cm³/mol. The number of aliphatic hydroxyl groups is 1. The number of furan rings is 1. The molecule has 2 aromatic heterocycles. The molecule has 0 bridgehead atoms. The van der Waals surface area contributed by atoms with Gasteiger partial charge in [-0.1, -0.05) is 30.3 Å². The highest BCUT2D eigenvalue weighted by molar-refractivity contribution is 5.15. The van der Waals surface area contributed by atoms with Crippen LogP contribution >= 0.6 is 0 Å². The molecule has 26 heavy (non-hydrogen) atoms. The molecule has 136 valence electrons. The molecule has 0 amide bonds. The molecule has 1 N–H and O–H groups in total. The van der Waals surface area contributed by atoms with E-state index in [1.807, 2.05) is 24.3 Å². The quantitative estimate of drug-likeness (QED) is 0.708. The lowest BCUT2D eigenvalue weighted by Crippen LogP contribution is -2.29. The van der Waals surface area contributed by atoms with Crippen LogP contribution < -0.4 is 0 Å². The number of nitrogens with zero attached hydrogens (tertiary/aromatic N) is 4. The molecule has 6 heteroatoms. The van der Waals surface area contributed by atoms with Crippen LogP contribution in [0.3, 0.4) is 0 Å². The molecule has 0 radical (unpaired) electrons. The number of rotatable bonds is 7. The maximum atomic E-state index is 10.5. The van der Waals surface area contributed by atoms with Gasteiger partial charge in [-0.05, 0) is 30.5 Å². The Kier molecular flexibility index (Phi) is 5.13. The first-order valence-corrected chi connectivity index (χ1v) is 9.18. The van der Waals surface area contributed by atoms with Crippen LogP contribution in [0, 0.1) is 0 Å². The topological polar surface area (TPSA) is 67.3 Å². The van der Waals surface area contributed by atoms with Crippen LogP contribution in [-0.4, -0.2) is 31.3 Å². The van der Waals surface area contributed by atoms with Crippen LogP contribution in [0.2, 0.25) is 0 Å². The third kappa shape index (κ3) is 3.86. The molecule has 0 saturated heterocycles. The summed E-state index contributed by atoms with van der Waals surface area (Å²) in [5, 5.41) is 19.3. The zero-order valence-corrected chi connectivity index (χ0v) is 14.8. The molecule has 1 aliphatic heterocycles. The van der Waals surface area contributed by atoms with E-state index in [2.05, 4.69) is 31.8 Å². The van der Waals surface area contributed by atoms with E-state index in [1.54, 1.807) is 12.3 Å². The summed E-state index contributed by atoms with van der Waals surface area (Å²) in [6, 6.07) is 13.9. The molecule has 4 rings (SSSR count). The van der Waals surface area contributed by atoms with Crippen molar-refractivity contribution in [3.8, 4) is 0 Å². The van der Waals surface area contributed by atoms with Crippen LogP contribution in [-0.2, 0) is 26.1 Å². The van der Waals surface area contributed by atoms with Crippen LogP contribution in [0.15, 0.2) is 53.1 Å². The summed E-state index contributed by atoms with van der Waals surface area (Å²) in [5.74, 6) is 2.64. The molecule has 6 nitrogen and oxygen atoms in total. The van der Waals surface area contributed by atoms with E-state index in [9.17, 15) is 5.11 Å². The smallest absolute Gasteiger partial charge is 0.147 e. The summed E-state index contributed by atoms with van der Waals surface area (Å²) in [5.41, 5.74) is 1.21. The number of aromatic nitrogens is 3. The first-order valence-electron chi connectivity index (χ1n) is 9.18. The predicted octanol–water partition coefficient (Wildman–Crippen LogP) is 2.94. The summed E-state index contributed by atoms with van der Waals surface area (Å²) in [4.78, 5) is 2.20. The van der Waals surface area contributed by atoms with E-state index in [-0.39, 0.29) is 0 Å². The van der Waals surface area contributed by atoms with E-state index in [4.69, 9.17) is 4.42 Å². The lowest BCUT2D eigenvalue weighted by molar-refractivity contribution is 0.0852. The van der Waals surface area contributed by atoms with Gasteiger partial charge in [-0.15, -0.1) is 10.2 Å². The minimum Gasteiger partial charge on any atom is -0.467 e. The minimum atomic E-state index is -0.669. The summed E-state index contributed by atoms with van der Waals surface area (Å²) in [6.07, 6.45) is 4.28. The Labute approximate surface area is 153 Å². The Morgan fingerprint density at radius 3 is 2.77 bits per heavy atom. The largest absolute Gasteiger partial charge is 0.467 e. The number of aryl methyl sites for hydroxylation is 1. The van der Waals surface area contributed by atoms with Crippen molar-refractivity contribution in [2.75, 3.05) is 6.54 Å². The van der Waals surface area contributed by atoms with Crippen molar-refractivity contribution in [3.05, 3.63) is 71.7 Å². The highest BCUT2D eigenvalue weighted by Gasteiger charge is 2.21. The molecule has 3 heterocycles. The van der Waals surface area contributed by atoms with Crippen molar-refractivity contribution >= 4 is 0 Å². The van der Waals surface area contributed by atoms with Gasteiger partial charge in [0.15, 0.2) is 0 Å². The van der Waals surface area contributed by atoms with Gasteiger partial charge >= 0.3 is 0 Å². The molecule has 1 unspecified atom stereocenters. The molecule has 0 spiro atoms. The fourth-order valence-corrected chi connectivity index (χ4v) is 3.53. The number of fused-ring (bicyclic) bond motifs is 1. The Balaban J connectivity index is 1.52. The SMILES string of the molecule is OC(CN(Cc1ccccc1)Cc1nnc2n1CCCC2)c1ccco1. The second kappa shape index (κ2) is 7.85. The summed E-state index contributed by atoms with van der Waals surface area (Å²) >= 11 is 0. The molecule has 0 aliphatic carbocycles. The molecule has 0 saturated carbocycles. The van der Waals surface area contributed by atoms with Crippen LogP contribution in [0.25, 0.3) is 0 Å². The Hall–Kier alpha value is -2.44. The third-order valence-corrected chi connectivity index (χ3v) is 4.85. The van der Waals surface area contributed by atoms with E-state index in [0.29, 0.717) is 18.8 Å². The maximum Gasteiger partial charge on any atom is 0.147 e. The first-order chi connectivity index (χ1) is 12.8. The maximum absolute atomic E-state index is 10.5. The average molecular weight is 352 g/mol. The van der Waals surface area contributed by atoms with Crippen molar-refractivity contribution in [3.63, 3.8) is 0 Å². The van der Waals surface area contributed by atoms with Crippen LogP contribution in [0.4, 0.5) is 0 Å². The van der Waals surface area contributed by atoms with Gasteiger partial charge in [0.25, 0.3) is 0 Å². The number of hydrogen-bond donors (Lipinski definition) is 1. The van der Waals surface area contributed by atoms with E-state index in [1.165, 1.54) is 18.4 Å². The Morgan fingerprint density at radius 1 is 1.08 bits per heavy atom. The molecule has 0 fully saturated rings. The van der Waals surface area contributed by atoms with E-state index in [0.717, 1.165) is 31.2 Å². The Morgan fingerprint density at radius 2 is 1.96 bits per heavy atom. The lowest BCUT2D eigenvalue weighted by Gasteiger charge is -2.25. The molecule has 1 aliphatic rings. The highest BCUT2D eigenvalue weighted by atomic mass is 16.4. The van der Waals surface area contributed by atoms with Crippen molar-refractivity contribution in [2.45, 2.75) is 45.0 Å². The van der Waals surface area contributed by atoms with Gasteiger partial charge in [0.2, 0.25) is 0 Å². The first kappa shape index (κ1) is 17.0.